The Labute approximate surface area is 201 Å². The van der Waals surface area contributed by atoms with Gasteiger partial charge >= 0.3 is 0 Å². The second-order valence-electron chi connectivity index (χ2n) is 7.13. The van der Waals surface area contributed by atoms with Gasteiger partial charge in [-0.25, -0.2) is 0 Å². The van der Waals surface area contributed by atoms with E-state index in [1.165, 1.54) is 26.4 Å². The van der Waals surface area contributed by atoms with Crippen LogP contribution in [-0.4, -0.2) is 38.3 Å². The van der Waals surface area contributed by atoms with Crippen LogP contribution >= 0.6 is 11.6 Å². The number of nitrogens with one attached hydrogen (secondary N) is 1. The van der Waals surface area contributed by atoms with E-state index in [2.05, 4.69) is 5.32 Å². The third kappa shape index (κ3) is 6.15. The molecule has 0 spiro atoms. The number of nitrogens with zero attached hydrogens (tertiary/aromatic N) is 1. The van der Waals surface area contributed by atoms with Crippen molar-refractivity contribution in [3.8, 4) is 23.0 Å². The number of hydrogen-bond donors (Lipinski definition) is 1. The number of ether oxygens (including phenoxy) is 4. The first kappa shape index (κ1) is 24.8. The zero-order valence-electron chi connectivity index (χ0n) is 18.8. The molecule has 0 atom stereocenters. The molecule has 9 nitrogen and oxygen atoms in total. The Balaban J connectivity index is 1.93. The highest BCUT2D eigenvalue weighted by atomic mass is 35.5. The summed E-state index contributed by atoms with van der Waals surface area (Å²) < 4.78 is 21.6. The van der Waals surface area contributed by atoms with E-state index >= 15 is 0 Å². The number of carbonyl (C=O) groups excluding carboxylic acids is 1. The number of amides is 1. The molecular weight excluding hydrogens is 464 g/mol. The minimum Gasteiger partial charge on any atom is -0.493 e. The van der Waals surface area contributed by atoms with Gasteiger partial charge in [0.1, 0.15) is 17.9 Å². The molecule has 0 aliphatic carbocycles. The van der Waals surface area contributed by atoms with Gasteiger partial charge in [-0.2, -0.15) is 0 Å². The fourth-order valence-electron chi connectivity index (χ4n) is 3.00. The third-order valence-electron chi connectivity index (χ3n) is 4.71. The van der Waals surface area contributed by atoms with Crippen LogP contribution in [0.3, 0.4) is 0 Å². The van der Waals surface area contributed by atoms with Gasteiger partial charge in [-0.15, -0.1) is 0 Å². The molecule has 1 amide bonds. The molecule has 1 N–H and O–H groups in total. The molecule has 3 aromatic rings. The summed E-state index contributed by atoms with van der Waals surface area (Å²) in [6.45, 7) is 2.38. The quantitative estimate of drug-likeness (QED) is 0.224. The number of aryl methyl sites for hydroxylation is 1. The van der Waals surface area contributed by atoms with Crippen molar-refractivity contribution in [2.75, 3.05) is 32.8 Å². The van der Waals surface area contributed by atoms with Crippen LogP contribution in [0.1, 0.15) is 15.9 Å². The van der Waals surface area contributed by atoms with Crippen molar-refractivity contribution < 1.29 is 28.7 Å². The van der Waals surface area contributed by atoms with Crippen LogP contribution in [0.4, 0.5) is 11.4 Å². The van der Waals surface area contributed by atoms with Crippen LogP contribution in [0.2, 0.25) is 5.02 Å². The molecule has 0 aromatic heterocycles. The summed E-state index contributed by atoms with van der Waals surface area (Å²) in [6.07, 6.45) is 0. The second-order valence-corrected chi connectivity index (χ2v) is 7.56. The van der Waals surface area contributed by atoms with E-state index in [0.29, 0.717) is 16.5 Å². The smallest absolute Gasteiger partial charge is 0.286 e. The highest BCUT2D eigenvalue weighted by Gasteiger charge is 2.26. The van der Waals surface area contributed by atoms with E-state index in [9.17, 15) is 14.9 Å². The molecule has 3 aromatic carbocycles. The lowest BCUT2D eigenvalue weighted by Gasteiger charge is -2.15. The Hall–Kier alpha value is -3.82. The van der Waals surface area contributed by atoms with Gasteiger partial charge in [0.25, 0.3) is 11.6 Å². The van der Waals surface area contributed by atoms with Crippen molar-refractivity contribution in [2.24, 2.45) is 0 Å². The van der Waals surface area contributed by atoms with Gasteiger partial charge in [0, 0.05) is 18.2 Å². The molecule has 0 bridgehead atoms. The minimum absolute atomic E-state index is 0.119. The average molecular weight is 487 g/mol. The molecule has 0 aliphatic heterocycles. The summed E-state index contributed by atoms with van der Waals surface area (Å²) >= 11 is 6.12. The van der Waals surface area contributed by atoms with E-state index in [1.807, 2.05) is 19.1 Å². The molecule has 34 heavy (non-hydrogen) atoms. The van der Waals surface area contributed by atoms with Crippen molar-refractivity contribution in [1.29, 1.82) is 0 Å². The van der Waals surface area contributed by atoms with Crippen molar-refractivity contribution in [2.45, 2.75) is 6.92 Å². The van der Waals surface area contributed by atoms with Gasteiger partial charge in [0.05, 0.1) is 30.4 Å². The van der Waals surface area contributed by atoms with Crippen LogP contribution in [0.5, 0.6) is 23.0 Å². The largest absolute Gasteiger partial charge is 0.493 e. The summed E-state index contributed by atoms with van der Waals surface area (Å²) in [5.41, 5.74) is 0.635. The molecule has 10 heteroatoms. The Morgan fingerprint density at radius 1 is 1.00 bits per heavy atom. The zero-order chi connectivity index (χ0) is 24.7. The maximum Gasteiger partial charge on any atom is 0.286 e. The lowest BCUT2D eigenvalue weighted by molar-refractivity contribution is -0.385. The number of carbonyl (C=O) groups is 1. The van der Waals surface area contributed by atoms with E-state index < -0.39 is 16.5 Å². The number of nitro groups is 1. The van der Waals surface area contributed by atoms with Gasteiger partial charge in [-0.3, -0.25) is 14.9 Å². The Bertz CT molecular complexity index is 1180. The molecule has 0 radical (unpaired) electrons. The molecule has 3 rings (SSSR count). The van der Waals surface area contributed by atoms with Gasteiger partial charge < -0.3 is 24.3 Å². The number of methoxy groups -OCH3 is 2. The standard InChI is InChI=1S/C24H23ClN2O7/c1-15-4-7-17(8-5-15)34-21-9-6-16(25)12-19(21)26-24(28)18-13-22(32-3)23(33-11-10-31-2)14-20(18)27(29)30/h4-9,12-14H,10-11H2,1-3H3,(H,26,28). The van der Waals surface area contributed by atoms with Gasteiger partial charge in [-0.1, -0.05) is 29.3 Å². The van der Waals surface area contributed by atoms with Crippen LogP contribution < -0.4 is 19.5 Å². The monoisotopic (exact) mass is 486 g/mol. The molecule has 178 valence electrons. The number of anilines is 1. The fraction of sp³-hybridized carbons (Fsp3) is 0.208. The Morgan fingerprint density at radius 2 is 1.74 bits per heavy atom. The molecular formula is C24H23ClN2O7. The summed E-state index contributed by atoms with van der Waals surface area (Å²) in [5, 5.41) is 14.7. The second kappa shape index (κ2) is 11.4. The number of rotatable bonds is 10. The summed E-state index contributed by atoms with van der Waals surface area (Å²) in [5.74, 6) is 0.400. The number of benzene rings is 3. The predicted molar refractivity (Wildman–Crippen MR) is 128 cm³/mol. The van der Waals surface area contributed by atoms with Crippen molar-refractivity contribution in [3.05, 3.63) is 80.9 Å². The topological polar surface area (TPSA) is 109 Å². The number of halogens is 1. The summed E-state index contributed by atoms with van der Waals surface area (Å²) in [4.78, 5) is 24.2. The Kier molecular flexibility index (Phi) is 8.29. The number of nitro benzene ring substituents is 1. The number of hydrogen-bond acceptors (Lipinski definition) is 7. The van der Waals surface area contributed by atoms with E-state index in [1.54, 1.807) is 24.3 Å². The molecule has 0 aliphatic rings. The van der Waals surface area contributed by atoms with Gasteiger partial charge in [0.15, 0.2) is 17.2 Å². The zero-order valence-corrected chi connectivity index (χ0v) is 19.5. The van der Waals surface area contributed by atoms with Crippen molar-refractivity contribution >= 4 is 28.9 Å². The van der Waals surface area contributed by atoms with Gasteiger partial charge in [-0.05, 0) is 37.3 Å². The van der Waals surface area contributed by atoms with Crippen LogP contribution in [0, 0.1) is 17.0 Å². The highest BCUT2D eigenvalue weighted by Crippen LogP contribution is 2.37. The Morgan fingerprint density at radius 3 is 2.38 bits per heavy atom. The summed E-state index contributed by atoms with van der Waals surface area (Å²) in [6, 6.07) is 14.4. The van der Waals surface area contributed by atoms with Crippen molar-refractivity contribution in [3.63, 3.8) is 0 Å². The lowest BCUT2D eigenvalue weighted by atomic mass is 10.1. The molecule has 0 unspecified atom stereocenters. The van der Waals surface area contributed by atoms with Crippen LogP contribution in [-0.2, 0) is 4.74 Å². The molecule has 0 heterocycles. The highest BCUT2D eigenvalue weighted by molar-refractivity contribution is 6.31. The minimum atomic E-state index is -0.746. The maximum atomic E-state index is 13.1. The average Bonchev–Trinajstić information content (AvgIpc) is 2.81. The summed E-state index contributed by atoms with van der Waals surface area (Å²) in [7, 11) is 2.87. The first-order valence-electron chi connectivity index (χ1n) is 10.2. The van der Waals surface area contributed by atoms with Gasteiger partial charge in [0.2, 0.25) is 0 Å². The third-order valence-corrected chi connectivity index (χ3v) is 4.94. The van der Waals surface area contributed by atoms with E-state index in [0.717, 1.165) is 11.6 Å². The van der Waals surface area contributed by atoms with E-state index in [4.69, 9.17) is 30.5 Å². The first-order chi connectivity index (χ1) is 16.3. The first-order valence-corrected chi connectivity index (χ1v) is 10.5. The fourth-order valence-corrected chi connectivity index (χ4v) is 3.17. The normalized spacial score (nSPS) is 10.5. The molecule has 0 saturated carbocycles. The maximum absolute atomic E-state index is 13.1. The SMILES string of the molecule is COCCOc1cc([N+](=O)[O-])c(C(=O)Nc2cc(Cl)ccc2Oc2ccc(C)cc2)cc1OC. The lowest BCUT2D eigenvalue weighted by Crippen LogP contribution is -2.15. The molecule has 0 fully saturated rings. The van der Waals surface area contributed by atoms with E-state index in [-0.39, 0.29) is 36.0 Å². The van der Waals surface area contributed by atoms with Crippen molar-refractivity contribution in [1.82, 2.24) is 0 Å². The molecule has 0 saturated heterocycles. The predicted octanol–water partition coefficient (Wildman–Crippen LogP) is 5.64. The van der Waals surface area contributed by atoms with Crippen LogP contribution in [0.15, 0.2) is 54.6 Å². The van der Waals surface area contributed by atoms with Crippen LogP contribution in [0.25, 0.3) is 0 Å².